The van der Waals surface area contributed by atoms with Crippen LogP contribution in [0.3, 0.4) is 0 Å². The van der Waals surface area contributed by atoms with Gasteiger partial charge in [0, 0.05) is 103 Å². The summed E-state index contributed by atoms with van der Waals surface area (Å²) in [4.78, 5) is 2.73. The molecule has 2 N–H and O–H groups in total. The molecule has 2 radical (unpaired) electrons. The van der Waals surface area contributed by atoms with Gasteiger partial charge in [0.25, 0.3) is 0 Å². The number of aromatic nitrogens is 2. The fraction of sp³-hybridized carbons (Fsp3) is 0. The molecule has 2 nitrogen and oxygen atoms in total. The molecule has 1 rings (SSSR count). The van der Waals surface area contributed by atoms with Gasteiger partial charge in [-0.1, -0.05) is 0 Å². The van der Waals surface area contributed by atoms with E-state index in [0.717, 1.165) is 0 Å². The Morgan fingerprint density at radius 2 is 1.78 bits per heavy atom. The molecule has 0 amide bonds. The first-order valence-corrected chi connectivity index (χ1v) is 3.20. The van der Waals surface area contributed by atoms with E-state index in [1.54, 1.807) is 0 Å². The van der Waals surface area contributed by atoms with Crippen LogP contribution in [0.2, 0.25) is 0 Å². The van der Waals surface area contributed by atoms with Crippen molar-refractivity contribution in [1.29, 1.82) is 0 Å². The molecule has 0 aliphatic carbocycles. The molecule has 0 saturated heterocycles. The number of aromatic amines is 2. The average Bonchev–Trinajstić information content (AvgIpc) is 1.87. The molecule has 0 aliphatic heterocycles. The molecule has 9 heavy (non-hydrogen) atoms. The number of hydrogen-bond acceptors (Lipinski definition) is 3. The zero-order valence-electron chi connectivity index (χ0n) is 5.22. The van der Waals surface area contributed by atoms with Crippen molar-refractivity contribution in [3.05, 3.63) is 8.73 Å². The first-order chi connectivity index (χ1) is 3.29. The standard InChI is InChI=1S/C2H2N2S3.2K/c5-1-3-2(6)7-4-1;;/h(H2,3,4,5,6);;. The summed E-state index contributed by atoms with van der Waals surface area (Å²) in [5, 5.41) is 0. The van der Waals surface area contributed by atoms with Gasteiger partial charge in [0.2, 0.25) is 0 Å². The normalized spacial score (nSPS) is 7.11. The Bertz CT molecular complexity index is 222. The summed E-state index contributed by atoms with van der Waals surface area (Å²) in [5.41, 5.74) is 0. The van der Waals surface area contributed by atoms with Crippen molar-refractivity contribution >= 4 is 139 Å². The van der Waals surface area contributed by atoms with Gasteiger partial charge in [0.05, 0.1) is 0 Å². The van der Waals surface area contributed by atoms with Crippen LogP contribution in [0.5, 0.6) is 0 Å². The topological polar surface area (TPSA) is 31.6 Å². The van der Waals surface area contributed by atoms with Crippen molar-refractivity contribution in [2.24, 2.45) is 0 Å². The number of nitrogens with one attached hydrogen (secondary N) is 2. The van der Waals surface area contributed by atoms with Crippen LogP contribution in [-0.2, 0) is 0 Å². The summed E-state index contributed by atoms with van der Waals surface area (Å²) in [6.07, 6.45) is 0. The molecular weight excluding hydrogens is 226 g/mol. The molecule has 0 fully saturated rings. The van der Waals surface area contributed by atoms with Crippen molar-refractivity contribution < 1.29 is 0 Å². The third-order valence-electron chi connectivity index (χ3n) is 0.452. The fourth-order valence-electron chi connectivity index (χ4n) is 0.236. The minimum absolute atomic E-state index is 0. The van der Waals surface area contributed by atoms with E-state index >= 15 is 0 Å². The van der Waals surface area contributed by atoms with Crippen LogP contribution >= 0.6 is 36.0 Å². The molecule has 1 aromatic rings. The number of H-pyrrole nitrogens is 2. The molecule has 7 heteroatoms. The van der Waals surface area contributed by atoms with E-state index in [-0.39, 0.29) is 103 Å². The van der Waals surface area contributed by atoms with Gasteiger partial charge in [-0.25, -0.2) is 0 Å². The second kappa shape index (κ2) is 7.90. The van der Waals surface area contributed by atoms with Crippen molar-refractivity contribution in [2.45, 2.75) is 0 Å². The van der Waals surface area contributed by atoms with Gasteiger partial charge in [0.1, 0.15) is 0 Å². The SMILES string of the molecule is S=c1[nH]sc(=S)[nH]1.[K].[K]. The van der Waals surface area contributed by atoms with Crippen molar-refractivity contribution in [3.8, 4) is 0 Å². The van der Waals surface area contributed by atoms with E-state index in [9.17, 15) is 0 Å². The molecule has 0 unspecified atom stereocenters. The van der Waals surface area contributed by atoms with Crippen molar-refractivity contribution in [1.82, 2.24) is 9.36 Å². The maximum atomic E-state index is 4.70. The minimum Gasteiger partial charge on any atom is -0.313 e. The second-order valence-electron chi connectivity index (χ2n) is 0.946. The maximum Gasteiger partial charge on any atom is 0.185 e. The van der Waals surface area contributed by atoms with E-state index in [1.165, 1.54) is 11.5 Å². The third kappa shape index (κ3) is 6.44. The first kappa shape index (κ1) is 14.8. The first-order valence-electron chi connectivity index (χ1n) is 1.57. The summed E-state index contributed by atoms with van der Waals surface area (Å²) in [7, 11) is 0. The van der Waals surface area contributed by atoms with Crippen LogP contribution in [0.25, 0.3) is 0 Å². The maximum absolute atomic E-state index is 4.70. The summed E-state index contributed by atoms with van der Waals surface area (Å²) in [6, 6.07) is 0. The van der Waals surface area contributed by atoms with Crippen LogP contribution in [0.4, 0.5) is 0 Å². The van der Waals surface area contributed by atoms with Crippen LogP contribution in [0, 0.1) is 8.73 Å². The van der Waals surface area contributed by atoms with E-state index in [0.29, 0.717) is 8.73 Å². The Morgan fingerprint density at radius 1 is 1.22 bits per heavy atom. The summed E-state index contributed by atoms with van der Waals surface area (Å²) >= 11 is 10.7. The van der Waals surface area contributed by atoms with E-state index in [4.69, 9.17) is 12.2 Å². The van der Waals surface area contributed by atoms with Gasteiger partial charge in [0.15, 0.2) is 8.73 Å². The molecule has 0 bridgehead atoms. The largest absolute Gasteiger partial charge is 0.313 e. The Morgan fingerprint density at radius 3 is 1.89 bits per heavy atom. The minimum atomic E-state index is 0. The third-order valence-corrected chi connectivity index (χ3v) is 1.73. The monoisotopic (exact) mass is 228 g/mol. The van der Waals surface area contributed by atoms with Gasteiger partial charge < -0.3 is 4.98 Å². The van der Waals surface area contributed by atoms with Crippen LogP contribution < -0.4 is 0 Å². The Kier molecular flexibility index (Phi) is 13.0. The van der Waals surface area contributed by atoms with E-state index < -0.39 is 0 Å². The van der Waals surface area contributed by atoms with Gasteiger partial charge in [-0.05, 0) is 36.0 Å². The van der Waals surface area contributed by atoms with Crippen molar-refractivity contribution in [2.75, 3.05) is 0 Å². The molecular formula is C2H2K2N2S3. The summed E-state index contributed by atoms with van der Waals surface area (Å²) in [5.74, 6) is 0. The Labute approximate surface area is 152 Å². The second-order valence-corrected chi connectivity index (χ2v) is 2.84. The molecule has 0 aliphatic rings. The predicted molar refractivity (Wildman–Crippen MR) is 46.2 cm³/mol. The zero-order chi connectivity index (χ0) is 5.28. The molecule has 0 spiro atoms. The average molecular weight is 228 g/mol. The van der Waals surface area contributed by atoms with Crippen LogP contribution in [-0.4, -0.2) is 112 Å². The smallest absolute Gasteiger partial charge is 0.185 e. The van der Waals surface area contributed by atoms with E-state index in [2.05, 4.69) is 21.6 Å². The van der Waals surface area contributed by atoms with Gasteiger partial charge >= 0.3 is 0 Å². The molecule has 40 valence electrons. The van der Waals surface area contributed by atoms with Crippen molar-refractivity contribution in [3.63, 3.8) is 0 Å². The molecule has 1 aromatic heterocycles. The number of hydrogen-bond donors (Lipinski definition) is 2. The predicted octanol–water partition coefficient (Wildman–Crippen LogP) is 1.10. The quantitative estimate of drug-likeness (QED) is 0.515. The molecule has 1 heterocycles. The van der Waals surface area contributed by atoms with Crippen LogP contribution in [0.1, 0.15) is 0 Å². The van der Waals surface area contributed by atoms with Gasteiger partial charge in [-0.2, -0.15) is 0 Å². The Balaban J connectivity index is 0. The van der Waals surface area contributed by atoms with E-state index in [1.807, 2.05) is 0 Å². The fourth-order valence-corrected chi connectivity index (χ4v) is 1.21. The molecule has 0 atom stereocenters. The van der Waals surface area contributed by atoms with Gasteiger partial charge in [-0.3, -0.25) is 4.37 Å². The summed E-state index contributed by atoms with van der Waals surface area (Å²) in [6.45, 7) is 0. The Hall–Kier alpha value is 3.27. The summed E-state index contributed by atoms with van der Waals surface area (Å²) < 4.78 is 4.07. The molecule has 0 saturated carbocycles. The van der Waals surface area contributed by atoms with Gasteiger partial charge in [-0.15, -0.1) is 0 Å². The van der Waals surface area contributed by atoms with Crippen LogP contribution in [0.15, 0.2) is 0 Å². The number of rotatable bonds is 0. The zero-order valence-corrected chi connectivity index (χ0v) is 13.9. The molecule has 0 aromatic carbocycles.